The van der Waals surface area contributed by atoms with E-state index < -0.39 is 0 Å². The molecule has 0 saturated carbocycles. The summed E-state index contributed by atoms with van der Waals surface area (Å²) in [6.45, 7) is 6.55. The van der Waals surface area contributed by atoms with Gasteiger partial charge in [-0.2, -0.15) is 9.61 Å². The summed E-state index contributed by atoms with van der Waals surface area (Å²) in [6.07, 6.45) is 5.43. The molecule has 2 N–H and O–H groups in total. The van der Waals surface area contributed by atoms with Crippen LogP contribution < -0.4 is 15.5 Å². The molecule has 3 aromatic heterocycles. The molecule has 1 aliphatic rings. The summed E-state index contributed by atoms with van der Waals surface area (Å²) >= 11 is 0. The van der Waals surface area contributed by atoms with Crippen molar-refractivity contribution >= 4 is 23.1 Å². The highest BCUT2D eigenvalue weighted by atomic mass is 16.2. The van der Waals surface area contributed by atoms with E-state index in [0.717, 1.165) is 23.4 Å². The van der Waals surface area contributed by atoms with E-state index in [-0.39, 0.29) is 5.91 Å². The number of amides is 1. The standard InChI is InChI=1S/C24H25N7O/c1-16-9-18(3-4-22(16)19-5-6-25-17(2)10-19)12-27-24-28-13-21-11-20(14-29-31(21)24)30-8-7-26-23(32)15-30/h3-6,9-11,13-14H,7-8,12,15H2,1-2H3,(H,26,32)(H,27,28). The zero-order valence-electron chi connectivity index (χ0n) is 18.2. The number of nitrogens with one attached hydrogen (secondary N) is 2. The molecule has 4 aromatic rings. The molecule has 8 nitrogen and oxygen atoms in total. The number of pyridine rings is 1. The van der Waals surface area contributed by atoms with Gasteiger partial charge in [0.2, 0.25) is 11.9 Å². The molecule has 0 aliphatic carbocycles. The average molecular weight is 428 g/mol. The van der Waals surface area contributed by atoms with Gasteiger partial charge < -0.3 is 15.5 Å². The van der Waals surface area contributed by atoms with E-state index >= 15 is 0 Å². The minimum Gasteiger partial charge on any atom is -0.359 e. The third-order valence-corrected chi connectivity index (χ3v) is 5.72. The molecule has 1 saturated heterocycles. The van der Waals surface area contributed by atoms with E-state index in [9.17, 15) is 4.79 Å². The number of hydrogen-bond donors (Lipinski definition) is 2. The molecule has 1 amide bonds. The first-order valence-electron chi connectivity index (χ1n) is 10.7. The molecule has 0 bridgehead atoms. The molecule has 0 radical (unpaired) electrons. The summed E-state index contributed by atoms with van der Waals surface area (Å²) in [6, 6.07) is 12.6. The lowest BCUT2D eigenvalue weighted by atomic mass is 9.99. The fourth-order valence-corrected chi connectivity index (χ4v) is 4.09. The molecule has 1 fully saturated rings. The lowest BCUT2D eigenvalue weighted by Gasteiger charge is -2.28. The monoisotopic (exact) mass is 427 g/mol. The molecule has 5 rings (SSSR count). The number of aromatic nitrogens is 4. The topological polar surface area (TPSA) is 87.5 Å². The minimum absolute atomic E-state index is 0.0346. The van der Waals surface area contributed by atoms with E-state index in [1.54, 1.807) is 16.9 Å². The van der Waals surface area contributed by atoms with Crippen molar-refractivity contribution in [2.75, 3.05) is 29.9 Å². The van der Waals surface area contributed by atoms with Crippen molar-refractivity contribution in [1.82, 2.24) is 24.9 Å². The van der Waals surface area contributed by atoms with Gasteiger partial charge >= 0.3 is 0 Å². The fraction of sp³-hybridized carbons (Fsp3) is 0.250. The van der Waals surface area contributed by atoms with Gasteiger partial charge in [-0.3, -0.25) is 9.78 Å². The van der Waals surface area contributed by atoms with Crippen molar-refractivity contribution < 1.29 is 4.79 Å². The summed E-state index contributed by atoms with van der Waals surface area (Å²) in [5.41, 5.74) is 7.61. The highest BCUT2D eigenvalue weighted by Gasteiger charge is 2.17. The Kier molecular flexibility index (Phi) is 5.18. The molecule has 0 unspecified atom stereocenters. The summed E-state index contributed by atoms with van der Waals surface area (Å²) < 4.78 is 1.79. The predicted octanol–water partition coefficient (Wildman–Crippen LogP) is 2.96. The Balaban J connectivity index is 1.31. The maximum atomic E-state index is 11.7. The molecule has 8 heteroatoms. The first kappa shape index (κ1) is 20.0. The van der Waals surface area contributed by atoms with Crippen LogP contribution in [0, 0.1) is 13.8 Å². The van der Waals surface area contributed by atoms with Gasteiger partial charge in [-0.05, 0) is 54.3 Å². The van der Waals surface area contributed by atoms with Crippen molar-refractivity contribution in [3.8, 4) is 11.1 Å². The van der Waals surface area contributed by atoms with Crippen LogP contribution in [0.3, 0.4) is 0 Å². The Morgan fingerprint density at radius 1 is 1.09 bits per heavy atom. The van der Waals surface area contributed by atoms with E-state index in [4.69, 9.17) is 0 Å². The first-order valence-corrected chi connectivity index (χ1v) is 10.7. The van der Waals surface area contributed by atoms with Gasteiger partial charge in [-0.15, -0.1) is 0 Å². The van der Waals surface area contributed by atoms with Crippen LogP contribution in [-0.4, -0.2) is 45.1 Å². The van der Waals surface area contributed by atoms with Crippen LogP contribution in [0.5, 0.6) is 0 Å². The highest BCUT2D eigenvalue weighted by Crippen LogP contribution is 2.25. The molecule has 162 valence electrons. The number of hydrogen-bond acceptors (Lipinski definition) is 6. The predicted molar refractivity (Wildman–Crippen MR) is 125 cm³/mol. The Bertz CT molecular complexity index is 1300. The maximum Gasteiger partial charge on any atom is 0.239 e. The summed E-state index contributed by atoms with van der Waals surface area (Å²) in [5, 5.41) is 10.8. The second-order valence-electron chi connectivity index (χ2n) is 8.09. The van der Waals surface area contributed by atoms with Crippen LogP contribution >= 0.6 is 0 Å². The smallest absolute Gasteiger partial charge is 0.239 e. The van der Waals surface area contributed by atoms with Crippen LogP contribution in [-0.2, 0) is 11.3 Å². The van der Waals surface area contributed by atoms with Gasteiger partial charge in [-0.1, -0.05) is 18.2 Å². The number of imidazole rings is 1. The van der Waals surface area contributed by atoms with Gasteiger partial charge in [0.1, 0.15) is 0 Å². The van der Waals surface area contributed by atoms with Crippen LogP contribution in [0.4, 0.5) is 11.6 Å². The molecule has 0 spiro atoms. The number of carbonyl (C=O) groups is 1. The molecule has 1 aromatic carbocycles. The van der Waals surface area contributed by atoms with Crippen molar-refractivity contribution in [2.24, 2.45) is 0 Å². The fourth-order valence-electron chi connectivity index (χ4n) is 4.09. The minimum atomic E-state index is 0.0346. The molecular weight excluding hydrogens is 402 g/mol. The highest BCUT2D eigenvalue weighted by molar-refractivity contribution is 5.82. The van der Waals surface area contributed by atoms with Crippen molar-refractivity contribution in [2.45, 2.75) is 20.4 Å². The number of piperazine rings is 1. The Labute approximate surface area is 186 Å². The van der Waals surface area contributed by atoms with Gasteiger partial charge in [0.05, 0.1) is 30.1 Å². The number of fused-ring (bicyclic) bond motifs is 1. The first-order chi connectivity index (χ1) is 15.6. The van der Waals surface area contributed by atoms with Crippen molar-refractivity contribution in [3.63, 3.8) is 0 Å². The number of carbonyl (C=O) groups excluding carboxylic acids is 1. The SMILES string of the molecule is Cc1cc(-c2ccc(CNc3ncc4cc(N5CCNC(=O)C5)cnn34)cc2C)ccn1. The zero-order valence-corrected chi connectivity index (χ0v) is 18.2. The van der Waals surface area contributed by atoms with Crippen LogP contribution in [0.15, 0.2) is 55.0 Å². The van der Waals surface area contributed by atoms with Crippen molar-refractivity contribution in [1.29, 1.82) is 0 Å². The molecule has 32 heavy (non-hydrogen) atoms. The third-order valence-electron chi connectivity index (χ3n) is 5.72. The largest absolute Gasteiger partial charge is 0.359 e. The number of rotatable bonds is 5. The van der Waals surface area contributed by atoms with E-state index in [0.29, 0.717) is 25.6 Å². The number of anilines is 2. The average Bonchev–Trinajstić information content (AvgIpc) is 3.20. The molecule has 1 aliphatic heterocycles. The number of aryl methyl sites for hydroxylation is 2. The molecular formula is C24H25N7O. The Hall–Kier alpha value is -3.94. The van der Waals surface area contributed by atoms with Crippen LogP contribution in [0.2, 0.25) is 0 Å². The summed E-state index contributed by atoms with van der Waals surface area (Å²) in [4.78, 5) is 22.5. The van der Waals surface area contributed by atoms with E-state index in [2.05, 4.69) is 56.9 Å². The molecule has 4 heterocycles. The van der Waals surface area contributed by atoms with Crippen LogP contribution in [0.1, 0.15) is 16.8 Å². The quantitative estimate of drug-likeness (QED) is 0.509. The zero-order chi connectivity index (χ0) is 22.1. The lowest BCUT2D eigenvalue weighted by molar-refractivity contribution is -0.120. The van der Waals surface area contributed by atoms with Gasteiger partial charge in [0, 0.05) is 31.5 Å². The van der Waals surface area contributed by atoms with Gasteiger partial charge in [0.25, 0.3) is 0 Å². The third kappa shape index (κ3) is 3.99. The van der Waals surface area contributed by atoms with Crippen molar-refractivity contribution in [3.05, 3.63) is 71.8 Å². The molecule has 0 atom stereocenters. The summed E-state index contributed by atoms with van der Waals surface area (Å²) in [5.74, 6) is 0.724. The second-order valence-corrected chi connectivity index (χ2v) is 8.09. The maximum absolute atomic E-state index is 11.7. The number of nitrogens with zero attached hydrogens (tertiary/aromatic N) is 5. The lowest BCUT2D eigenvalue weighted by Crippen LogP contribution is -2.47. The van der Waals surface area contributed by atoms with Crippen LogP contribution in [0.25, 0.3) is 16.6 Å². The summed E-state index contributed by atoms with van der Waals surface area (Å²) in [7, 11) is 0. The van der Waals surface area contributed by atoms with E-state index in [1.165, 1.54) is 22.3 Å². The number of benzene rings is 1. The van der Waals surface area contributed by atoms with Gasteiger partial charge in [-0.25, -0.2) is 4.98 Å². The Morgan fingerprint density at radius 3 is 2.81 bits per heavy atom. The normalized spacial score (nSPS) is 13.9. The van der Waals surface area contributed by atoms with Gasteiger partial charge in [0.15, 0.2) is 0 Å². The second kappa shape index (κ2) is 8.30. The van der Waals surface area contributed by atoms with E-state index in [1.807, 2.05) is 30.2 Å². The Morgan fingerprint density at radius 2 is 2.00 bits per heavy atom.